The van der Waals surface area contributed by atoms with Crippen molar-refractivity contribution < 1.29 is 28.2 Å². The van der Waals surface area contributed by atoms with E-state index in [-0.39, 0.29) is 49.4 Å². The van der Waals surface area contributed by atoms with Crippen molar-refractivity contribution in [2.45, 2.75) is 65.4 Å². The molecule has 2 aromatic carbocycles. The van der Waals surface area contributed by atoms with Gasteiger partial charge in [0.05, 0.1) is 13.7 Å². The predicted octanol–water partition coefficient (Wildman–Crippen LogP) is 4.63. The van der Waals surface area contributed by atoms with Crippen LogP contribution in [-0.4, -0.2) is 82.6 Å². The number of benzene rings is 2. The molecule has 9 nitrogen and oxygen atoms in total. The highest BCUT2D eigenvalue weighted by Crippen LogP contribution is 2.22. The highest BCUT2D eigenvalue weighted by Gasteiger charge is 2.33. The number of rotatable bonds is 7. The van der Waals surface area contributed by atoms with E-state index in [1.54, 1.807) is 35.1 Å². The number of halogens is 1. The first-order chi connectivity index (χ1) is 18.9. The van der Waals surface area contributed by atoms with Gasteiger partial charge in [0.25, 0.3) is 0 Å². The van der Waals surface area contributed by atoms with Gasteiger partial charge in [0.2, 0.25) is 5.91 Å². The maximum Gasteiger partial charge on any atom is 0.410 e. The van der Waals surface area contributed by atoms with E-state index in [9.17, 15) is 14.4 Å². The van der Waals surface area contributed by atoms with Gasteiger partial charge in [0, 0.05) is 57.3 Å². The molecule has 2 heterocycles. The lowest BCUT2D eigenvalue weighted by Gasteiger charge is -2.40. The molecule has 40 heavy (non-hydrogen) atoms. The third-order valence-corrected chi connectivity index (χ3v) is 7.12. The van der Waals surface area contributed by atoms with Crippen molar-refractivity contribution >= 4 is 18.0 Å². The van der Waals surface area contributed by atoms with Crippen LogP contribution >= 0.6 is 0 Å². The molecule has 10 heteroatoms. The highest BCUT2D eigenvalue weighted by molar-refractivity contribution is 5.96. The Kier molecular flexibility index (Phi) is 8.98. The maximum atomic E-state index is 15.1. The molecule has 2 fully saturated rings. The molecule has 2 saturated heterocycles. The van der Waals surface area contributed by atoms with Crippen molar-refractivity contribution in [2.24, 2.45) is 0 Å². The van der Waals surface area contributed by atoms with Gasteiger partial charge in [-0.2, -0.15) is 0 Å². The van der Waals surface area contributed by atoms with Gasteiger partial charge in [-0.05, 0) is 57.0 Å². The molecule has 1 atom stereocenters. The number of piperazine rings is 1. The van der Waals surface area contributed by atoms with Crippen LogP contribution in [0.15, 0.2) is 42.5 Å². The van der Waals surface area contributed by atoms with E-state index in [4.69, 9.17) is 9.47 Å². The molecule has 2 aromatic rings. The number of imide groups is 1. The zero-order valence-corrected chi connectivity index (χ0v) is 24.0. The van der Waals surface area contributed by atoms with E-state index in [0.29, 0.717) is 49.6 Å². The van der Waals surface area contributed by atoms with Gasteiger partial charge in [-0.3, -0.25) is 14.6 Å². The van der Waals surface area contributed by atoms with Gasteiger partial charge in [0.1, 0.15) is 17.2 Å². The SMILES string of the molecule is COc1ccc(CN2C(=O)CCN(Cc3ccc(CN4CCN(C(=O)OC(C)(C)C)[C@@H](C)C4)c(F)c3)C2=O)cc1. The van der Waals surface area contributed by atoms with Crippen LogP contribution in [0.4, 0.5) is 14.0 Å². The van der Waals surface area contributed by atoms with Crippen LogP contribution in [0.25, 0.3) is 0 Å². The van der Waals surface area contributed by atoms with Crippen molar-refractivity contribution in [3.63, 3.8) is 0 Å². The lowest BCUT2D eigenvalue weighted by Crippen LogP contribution is -2.54. The number of nitrogens with zero attached hydrogens (tertiary/aromatic N) is 4. The average Bonchev–Trinajstić information content (AvgIpc) is 2.89. The van der Waals surface area contributed by atoms with Crippen molar-refractivity contribution in [1.82, 2.24) is 19.6 Å². The van der Waals surface area contributed by atoms with Crippen LogP contribution in [0, 0.1) is 5.82 Å². The lowest BCUT2D eigenvalue weighted by molar-refractivity contribution is -0.131. The van der Waals surface area contributed by atoms with Crippen molar-refractivity contribution in [2.75, 3.05) is 33.3 Å². The second kappa shape index (κ2) is 12.2. The fraction of sp³-hybridized carbons (Fsp3) is 0.500. The van der Waals surface area contributed by atoms with E-state index >= 15 is 4.39 Å². The summed E-state index contributed by atoms with van der Waals surface area (Å²) in [5.74, 6) is 0.139. The molecule has 0 aliphatic carbocycles. The van der Waals surface area contributed by atoms with Crippen molar-refractivity contribution in [1.29, 1.82) is 0 Å². The minimum atomic E-state index is -0.554. The number of ether oxygens (including phenoxy) is 2. The Morgan fingerprint density at radius 2 is 1.68 bits per heavy atom. The minimum absolute atomic E-state index is 0.0559. The summed E-state index contributed by atoms with van der Waals surface area (Å²) in [6, 6.07) is 11.8. The Morgan fingerprint density at radius 3 is 2.30 bits per heavy atom. The van der Waals surface area contributed by atoms with E-state index < -0.39 is 5.60 Å². The van der Waals surface area contributed by atoms with Crippen molar-refractivity contribution in [3.05, 3.63) is 65.0 Å². The molecule has 4 rings (SSSR count). The first-order valence-electron chi connectivity index (χ1n) is 13.6. The van der Waals surface area contributed by atoms with Crippen LogP contribution in [0.5, 0.6) is 5.75 Å². The molecule has 0 N–H and O–H groups in total. The van der Waals surface area contributed by atoms with Gasteiger partial charge in [-0.15, -0.1) is 0 Å². The first kappa shape index (κ1) is 29.3. The summed E-state index contributed by atoms with van der Waals surface area (Å²) in [6.45, 7) is 10.3. The number of amides is 4. The average molecular weight is 555 g/mol. The van der Waals surface area contributed by atoms with E-state index in [1.807, 2.05) is 45.9 Å². The molecule has 0 saturated carbocycles. The largest absolute Gasteiger partial charge is 0.497 e. The van der Waals surface area contributed by atoms with Crippen molar-refractivity contribution in [3.8, 4) is 5.75 Å². The van der Waals surface area contributed by atoms with Crippen LogP contribution in [0.1, 0.15) is 50.8 Å². The summed E-state index contributed by atoms with van der Waals surface area (Å²) in [5.41, 5.74) is 1.49. The summed E-state index contributed by atoms with van der Waals surface area (Å²) in [4.78, 5) is 44.8. The van der Waals surface area contributed by atoms with Gasteiger partial charge in [0.15, 0.2) is 0 Å². The highest BCUT2D eigenvalue weighted by atomic mass is 19.1. The molecular weight excluding hydrogens is 515 g/mol. The maximum absolute atomic E-state index is 15.1. The zero-order chi connectivity index (χ0) is 29.0. The molecule has 216 valence electrons. The topological polar surface area (TPSA) is 82.6 Å². The Morgan fingerprint density at radius 1 is 0.975 bits per heavy atom. The van der Waals surface area contributed by atoms with Crippen LogP contribution in [-0.2, 0) is 29.2 Å². The molecule has 0 unspecified atom stereocenters. The van der Waals surface area contributed by atoms with E-state index in [0.717, 1.165) is 5.56 Å². The fourth-order valence-electron chi connectivity index (χ4n) is 5.00. The third kappa shape index (κ3) is 7.29. The smallest absolute Gasteiger partial charge is 0.410 e. The Balaban J connectivity index is 1.34. The molecule has 2 aliphatic heterocycles. The number of hydrogen-bond donors (Lipinski definition) is 0. The van der Waals surface area contributed by atoms with Gasteiger partial charge in [-0.25, -0.2) is 14.0 Å². The Labute approximate surface area is 235 Å². The van der Waals surface area contributed by atoms with Crippen LogP contribution in [0.2, 0.25) is 0 Å². The number of hydrogen-bond acceptors (Lipinski definition) is 6. The number of carbonyl (C=O) groups excluding carboxylic acids is 3. The molecule has 0 bridgehead atoms. The number of urea groups is 1. The number of methoxy groups -OCH3 is 1. The van der Waals surface area contributed by atoms with Crippen LogP contribution < -0.4 is 4.74 Å². The standard InChI is InChI=1S/C30H39FN4O5/c1-21-17-32(14-15-34(21)29(38)40-30(2,3)4)20-24-9-6-23(16-26(24)31)18-33-13-12-27(36)35(28(33)37)19-22-7-10-25(39-5)11-8-22/h6-11,16,21H,12-15,17-20H2,1-5H3/t21-/m0/s1. The summed E-state index contributed by atoms with van der Waals surface area (Å²) < 4.78 is 25.8. The van der Waals surface area contributed by atoms with Gasteiger partial charge in [-0.1, -0.05) is 24.3 Å². The molecular formula is C30H39FN4O5. The monoisotopic (exact) mass is 554 g/mol. The minimum Gasteiger partial charge on any atom is -0.497 e. The molecule has 0 radical (unpaired) electrons. The number of carbonyl (C=O) groups is 3. The first-order valence-corrected chi connectivity index (χ1v) is 13.6. The van der Waals surface area contributed by atoms with Crippen LogP contribution in [0.3, 0.4) is 0 Å². The Hall–Kier alpha value is -3.66. The zero-order valence-electron chi connectivity index (χ0n) is 24.0. The quantitative estimate of drug-likeness (QED) is 0.497. The molecule has 0 aromatic heterocycles. The third-order valence-electron chi connectivity index (χ3n) is 7.12. The molecule has 4 amide bonds. The van der Waals surface area contributed by atoms with Gasteiger partial charge >= 0.3 is 12.1 Å². The van der Waals surface area contributed by atoms with E-state index in [2.05, 4.69) is 4.90 Å². The van der Waals surface area contributed by atoms with Gasteiger partial charge < -0.3 is 19.3 Å². The fourth-order valence-corrected chi connectivity index (χ4v) is 5.00. The summed E-state index contributed by atoms with van der Waals surface area (Å²) in [6.07, 6.45) is -0.109. The summed E-state index contributed by atoms with van der Waals surface area (Å²) in [5, 5.41) is 0. The lowest BCUT2D eigenvalue weighted by atomic mass is 10.1. The predicted molar refractivity (Wildman–Crippen MR) is 148 cm³/mol. The molecule has 2 aliphatic rings. The Bertz CT molecular complexity index is 1230. The normalized spacial score (nSPS) is 18.8. The second-order valence-corrected chi connectivity index (χ2v) is 11.5. The second-order valence-electron chi connectivity index (χ2n) is 11.5. The molecule has 0 spiro atoms. The summed E-state index contributed by atoms with van der Waals surface area (Å²) in [7, 11) is 1.58. The van der Waals surface area contributed by atoms with E-state index in [1.165, 1.54) is 11.0 Å². The summed E-state index contributed by atoms with van der Waals surface area (Å²) >= 11 is 0.